The van der Waals surface area contributed by atoms with E-state index in [4.69, 9.17) is 4.84 Å². The number of nitro groups is 1. The molecule has 110 valence electrons. The normalized spacial score (nSPS) is 26.1. The lowest BCUT2D eigenvalue weighted by Gasteiger charge is -2.55. The fraction of sp³-hybridized carbons (Fsp3) is 0.438. The van der Waals surface area contributed by atoms with Crippen molar-refractivity contribution in [1.82, 2.24) is 0 Å². The lowest BCUT2D eigenvalue weighted by atomic mass is 9.49. The summed E-state index contributed by atoms with van der Waals surface area (Å²) in [4.78, 5) is 15.4. The van der Waals surface area contributed by atoms with E-state index in [1.807, 2.05) is 0 Å². The van der Waals surface area contributed by atoms with Gasteiger partial charge in [-0.3, -0.25) is 10.1 Å². The zero-order valence-electron chi connectivity index (χ0n) is 12.2. The van der Waals surface area contributed by atoms with E-state index in [0.29, 0.717) is 17.1 Å². The Morgan fingerprint density at radius 1 is 1.38 bits per heavy atom. The van der Waals surface area contributed by atoms with Crippen LogP contribution in [-0.2, 0) is 0 Å². The summed E-state index contributed by atoms with van der Waals surface area (Å²) in [5, 5.41) is 14.6. The third kappa shape index (κ3) is 2.44. The van der Waals surface area contributed by atoms with Gasteiger partial charge in [-0.05, 0) is 47.8 Å². The molecule has 4 rings (SSSR count). The molecule has 0 saturated heterocycles. The Balaban J connectivity index is 1.63. The van der Waals surface area contributed by atoms with E-state index in [9.17, 15) is 10.1 Å². The molecular formula is C16H18N2O3. The van der Waals surface area contributed by atoms with Crippen LogP contribution in [0.15, 0.2) is 41.1 Å². The standard InChI is InChI=1S/C16H18N2O3/c1-16(2)12-4-3-11(15(16)9-12)10-17-21-14-7-5-13(6-8-14)18(19)20/h3,5-8,10,12,15H,4,9H2,1-2H3/b17-10+. The molecule has 0 radical (unpaired) electrons. The van der Waals surface area contributed by atoms with Crippen LogP contribution in [0, 0.1) is 27.4 Å². The van der Waals surface area contributed by atoms with E-state index in [1.54, 1.807) is 18.3 Å². The fourth-order valence-corrected chi connectivity index (χ4v) is 3.32. The molecule has 5 nitrogen and oxygen atoms in total. The van der Waals surface area contributed by atoms with E-state index in [1.165, 1.54) is 24.1 Å². The molecule has 2 unspecified atom stereocenters. The van der Waals surface area contributed by atoms with Gasteiger partial charge in [-0.2, -0.15) is 0 Å². The average Bonchev–Trinajstić information content (AvgIpc) is 2.47. The topological polar surface area (TPSA) is 64.7 Å². The summed E-state index contributed by atoms with van der Waals surface area (Å²) in [6.45, 7) is 4.62. The van der Waals surface area contributed by atoms with Crippen LogP contribution in [0.25, 0.3) is 0 Å². The second-order valence-electron chi connectivity index (χ2n) is 6.32. The summed E-state index contributed by atoms with van der Waals surface area (Å²) in [5.41, 5.74) is 1.65. The number of benzene rings is 1. The van der Waals surface area contributed by atoms with Crippen molar-refractivity contribution >= 4 is 11.9 Å². The molecule has 21 heavy (non-hydrogen) atoms. The molecule has 2 atom stereocenters. The van der Waals surface area contributed by atoms with Crippen molar-refractivity contribution in [2.45, 2.75) is 26.7 Å². The minimum atomic E-state index is -0.436. The van der Waals surface area contributed by atoms with Crippen LogP contribution in [0.1, 0.15) is 26.7 Å². The first-order valence-electron chi connectivity index (χ1n) is 7.13. The maximum absolute atomic E-state index is 10.6. The van der Waals surface area contributed by atoms with Gasteiger partial charge in [0.25, 0.3) is 5.69 Å². The number of oxime groups is 1. The average molecular weight is 286 g/mol. The van der Waals surface area contributed by atoms with Crippen LogP contribution in [0.2, 0.25) is 0 Å². The molecule has 0 amide bonds. The summed E-state index contributed by atoms with van der Waals surface area (Å²) in [6.07, 6.45) is 6.38. The Hall–Kier alpha value is -2.17. The van der Waals surface area contributed by atoms with Crippen LogP contribution in [0.3, 0.4) is 0 Å². The zero-order valence-corrected chi connectivity index (χ0v) is 12.2. The van der Waals surface area contributed by atoms with Crippen molar-refractivity contribution in [2.75, 3.05) is 0 Å². The molecule has 1 aromatic rings. The van der Waals surface area contributed by atoms with Gasteiger partial charge in [-0.1, -0.05) is 25.1 Å². The quantitative estimate of drug-likeness (QED) is 0.478. The maximum Gasteiger partial charge on any atom is 0.269 e. The highest BCUT2D eigenvalue weighted by molar-refractivity contribution is 5.80. The largest absolute Gasteiger partial charge is 0.357 e. The van der Waals surface area contributed by atoms with Crippen molar-refractivity contribution in [1.29, 1.82) is 0 Å². The number of hydrogen-bond acceptors (Lipinski definition) is 4. The van der Waals surface area contributed by atoms with Crippen LogP contribution in [-0.4, -0.2) is 11.1 Å². The molecule has 2 bridgehead atoms. The summed E-state index contributed by atoms with van der Waals surface area (Å²) < 4.78 is 0. The number of fused-ring (bicyclic) bond motifs is 1. The van der Waals surface area contributed by atoms with Gasteiger partial charge >= 0.3 is 0 Å². The van der Waals surface area contributed by atoms with E-state index >= 15 is 0 Å². The number of non-ortho nitro benzene ring substituents is 1. The van der Waals surface area contributed by atoms with Crippen LogP contribution >= 0.6 is 0 Å². The minimum Gasteiger partial charge on any atom is -0.357 e. The highest BCUT2D eigenvalue weighted by Gasteiger charge is 2.50. The molecule has 1 aromatic carbocycles. The van der Waals surface area contributed by atoms with Crippen LogP contribution in [0.4, 0.5) is 5.69 Å². The Labute approximate surface area is 123 Å². The molecule has 1 fully saturated rings. The monoisotopic (exact) mass is 286 g/mol. The number of nitrogens with zero attached hydrogens (tertiary/aromatic N) is 2. The maximum atomic E-state index is 10.6. The Bertz CT molecular complexity index is 617. The molecule has 0 heterocycles. The second kappa shape index (κ2) is 4.98. The summed E-state index contributed by atoms with van der Waals surface area (Å²) in [6, 6.07) is 5.91. The zero-order chi connectivity index (χ0) is 15.0. The van der Waals surface area contributed by atoms with E-state index < -0.39 is 4.92 Å². The highest BCUT2D eigenvalue weighted by Crippen LogP contribution is 2.58. The molecule has 0 aromatic heterocycles. The lowest BCUT2D eigenvalue weighted by molar-refractivity contribution is -0.384. The lowest BCUT2D eigenvalue weighted by Crippen LogP contribution is -2.48. The van der Waals surface area contributed by atoms with Crippen molar-refractivity contribution < 1.29 is 9.76 Å². The Morgan fingerprint density at radius 2 is 2.10 bits per heavy atom. The molecular weight excluding hydrogens is 268 g/mol. The first-order valence-corrected chi connectivity index (χ1v) is 7.13. The molecule has 5 heteroatoms. The molecule has 3 aliphatic rings. The van der Waals surface area contributed by atoms with Gasteiger partial charge in [0, 0.05) is 12.1 Å². The third-order valence-corrected chi connectivity index (χ3v) is 4.92. The van der Waals surface area contributed by atoms with Crippen molar-refractivity contribution in [3.63, 3.8) is 0 Å². The predicted molar refractivity (Wildman–Crippen MR) is 80.3 cm³/mol. The Morgan fingerprint density at radius 3 is 2.67 bits per heavy atom. The third-order valence-electron chi connectivity index (χ3n) is 4.92. The summed E-state index contributed by atoms with van der Waals surface area (Å²) >= 11 is 0. The Kier molecular flexibility index (Phi) is 3.27. The molecule has 0 N–H and O–H groups in total. The van der Waals surface area contributed by atoms with Crippen LogP contribution in [0.5, 0.6) is 5.75 Å². The van der Waals surface area contributed by atoms with Gasteiger partial charge < -0.3 is 4.84 Å². The summed E-state index contributed by atoms with van der Waals surface area (Å²) in [5.74, 6) is 1.87. The molecule has 3 aliphatic carbocycles. The molecule has 0 spiro atoms. The number of hydrogen-bond donors (Lipinski definition) is 0. The van der Waals surface area contributed by atoms with Gasteiger partial charge in [-0.15, -0.1) is 0 Å². The molecule has 1 saturated carbocycles. The number of allylic oxidation sites excluding steroid dienone is 2. The van der Waals surface area contributed by atoms with Crippen molar-refractivity contribution in [3.8, 4) is 5.75 Å². The van der Waals surface area contributed by atoms with E-state index in [2.05, 4.69) is 25.1 Å². The van der Waals surface area contributed by atoms with Gasteiger partial charge in [0.1, 0.15) is 0 Å². The minimum absolute atomic E-state index is 0.0450. The number of rotatable bonds is 4. The van der Waals surface area contributed by atoms with Crippen LogP contribution < -0.4 is 4.84 Å². The fourth-order valence-electron chi connectivity index (χ4n) is 3.32. The first kappa shape index (κ1) is 13.8. The van der Waals surface area contributed by atoms with E-state index in [-0.39, 0.29) is 5.69 Å². The van der Waals surface area contributed by atoms with Gasteiger partial charge in [0.15, 0.2) is 5.75 Å². The van der Waals surface area contributed by atoms with Crippen molar-refractivity contribution in [3.05, 3.63) is 46.0 Å². The number of nitro benzene ring substituents is 1. The molecule has 0 aliphatic heterocycles. The van der Waals surface area contributed by atoms with Gasteiger partial charge in [0.05, 0.1) is 11.1 Å². The summed E-state index contributed by atoms with van der Waals surface area (Å²) in [7, 11) is 0. The van der Waals surface area contributed by atoms with Gasteiger partial charge in [0.2, 0.25) is 0 Å². The first-order chi connectivity index (χ1) is 9.98. The van der Waals surface area contributed by atoms with Crippen molar-refractivity contribution in [2.24, 2.45) is 22.4 Å². The highest BCUT2D eigenvalue weighted by atomic mass is 16.6. The SMILES string of the molecule is CC1(C)C2CC=C(/C=N/Oc3ccc([N+](=O)[O-])cc3)C1C2. The van der Waals surface area contributed by atoms with Gasteiger partial charge in [-0.25, -0.2) is 0 Å². The second-order valence-corrected chi connectivity index (χ2v) is 6.32. The predicted octanol–water partition coefficient (Wildman–Crippen LogP) is 3.95. The van der Waals surface area contributed by atoms with E-state index in [0.717, 1.165) is 12.3 Å². The smallest absolute Gasteiger partial charge is 0.269 e.